The first-order valence-electron chi connectivity index (χ1n) is 8.89. The van der Waals surface area contributed by atoms with Gasteiger partial charge in [0, 0.05) is 36.9 Å². The molecule has 28 heavy (non-hydrogen) atoms. The molecule has 0 unspecified atom stereocenters. The van der Waals surface area contributed by atoms with E-state index in [-0.39, 0.29) is 18.3 Å². The van der Waals surface area contributed by atoms with Gasteiger partial charge in [0.25, 0.3) is 5.91 Å². The van der Waals surface area contributed by atoms with E-state index in [4.69, 9.17) is 0 Å². The van der Waals surface area contributed by atoms with Crippen LogP contribution in [-0.4, -0.2) is 30.6 Å². The SMILES string of the molecule is Cn1cc2cc(-c3ccc(CN4Cc5ncncc5C4=O)c(F)c3)ccc2n1. The Kier molecular flexibility index (Phi) is 3.68. The fourth-order valence-electron chi connectivity index (χ4n) is 3.60. The van der Waals surface area contributed by atoms with E-state index in [1.54, 1.807) is 15.6 Å². The standard InChI is InChI=1S/C21H16FN5O/c1-26-9-16-6-13(4-5-19(16)25-26)14-2-3-15(18(22)7-14)10-27-11-20-17(21(27)28)8-23-12-24-20/h2-9,12H,10-11H2,1H3. The zero-order valence-corrected chi connectivity index (χ0v) is 15.1. The van der Waals surface area contributed by atoms with Gasteiger partial charge in [-0.25, -0.2) is 14.4 Å². The zero-order valence-electron chi connectivity index (χ0n) is 15.1. The summed E-state index contributed by atoms with van der Waals surface area (Å²) in [6, 6.07) is 11.0. The van der Waals surface area contributed by atoms with Crippen LogP contribution < -0.4 is 0 Å². The number of amides is 1. The van der Waals surface area contributed by atoms with E-state index in [0.717, 1.165) is 22.0 Å². The highest BCUT2D eigenvalue weighted by Crippen LogP contribution is 2.27. The van der Waals surface area contributed by atoms with E-state index in [2.05, 4.69) is 15.1 Å². The molecule has 0 aliphatic carbocycles. The molecule has 6 nitrogen and oxygen atoms in total. The van der Waals surface area contributed by atoms with Gasteiger partial charge in [0.15, 0.2) is 0 Å². The number of hydrogen-bond donors (Lipinski definition) is 0. The molecule has 0 atom stereocenters. The molecule has 3 heterocycles. The maximum Gasteiger partial charge on any atom is 0.258 e. The van der Waals surface area contributed by atoms with Gasteiger partial charge < -0.3 is 4.90 Å². The van der Waals surface area contributed by atoms with Crippen molar-refractivity contribution in [2.45, 2.75) is 13.1 Å². The molecule has 1 amide bonds. The van der Waals surface area contributed by atoms with Crippen molar-refractivity contribution in [1.82, 2.24) is 24.6 Å². The first-order valence-corrected chi connectivity index (χ1v) is 8.89. The number of aromatic nitrogens is 4. The van der Waals surface area contributed by atoms with Crippen molar-refractivity contribution in [2.24, 2.45) is 7.05 Å². The van der Waals surface area contributed by atoms with E-state index in [1.807, 2.05) is 37.5 Å². The average Bonchev–Trinajstić information content (AvgIpc) is 3.22. The second kappa shape index (κ2) is 6.23. The van der Waals surface area contributed by atoms with Crippen molar-refractivity contribution < 1.29 is 9.18 Å². The van der Waals surface area contributed by atoms with Crippen molar-refractivity contribution >= 4 is 16.8 Å². The van der Waals surface area contributed by atoms with E-state index in [9.17, 15) is 9.18 Å². The van der Waals surface area contributed by atoms with Crippen LogP contribution in [0.3, 0.4) is 0 Å². The number of halogens is 1. The highest BCUT2D eigenvalue weighted by molar-refractivity contribution is 5.97. The average molecular weight is 373 g/mol. The van der Waals surface area contributed by atoms with Gasteiger partial charge in [0.05, 0.1) is 23.3 Å². The zero-order chi connectivity index (χ0) is 19.3. The molecule has 5 rings (SSSR count). The van der Waals surface area contributed by atoms with Crippen LogP contribution in [0.5, 0.6) is 0 Å². The monoisotopic (exact) mass is 373 g/mol. The van der Waals surface area contributed by atoms with Gasteiger partial charge >= 0.3 is 0 Å². The minimum atomic E-state index is -0.335. The van der Waals surface area contributed by atoms with Crippen LogP contribution in [0.15, 0.2) is 55.1 Å². The second-order valence-electron chi connectivity index (χ2n) is 6.93. The lowest BCUT2D eigenvalue weighted by atomic mass is 10.0. The summed E-state index contributed by atoms with van der Waals surface area (Å²) in [5.74, 6) is -0.500. The number of nitrogens with zero attached hydrogens (tertiary/aromatic N) is 5. The minimum absolute atomic E-state index is 0.166. The minimum Gasteiger partial charge on any atom is -0.328 e. The van der Waals surface area contributed by atoms with Gasteiger partial charge in [-0.3, -0.25) is 9.48 Å². The molecule has 2 aromatic heterocycles. The Balaban J connectivity index is 1.41. The van der Waals surface area contributed by atoms with Crippen molar-refractivity contribution in [3.63, 3.8) is 0 Å². The lowest BCUT2D eigenvalue weighted by molar-refractivity contribution is 0.0764. The summed E-state index contributed by atoms with van der Waals surface area (Å²) in [5.41, 5.74) is 4.25. The van der Waals surface area contributed by atoms with Gasteiger partial charge in [-0.05, 0) is 29.3 Å². The van der Waals surface area contributed by atoms with Crippen LogP contribution >= 0.6 is 0 Å². The molecule has 0 bridgehead atoms. The molecule has 1 aliphatic heterocycles. The lowest BCUT2D eigenvalue weighted by Gasteiger charge is -2.16. The molecule has 2 aromatic carbocycles. The fourth-order valence-corrected chi connectivity index (χ4v) is 3.60. The molecule has 0 radical (unpaired) electrons. The van der Waals surface area contributed by atoms with Crippen LogP contribution in [0.2, 0.25) is 0 Å². The van der Waals surface area contributed by atoms with Crippen LogP contribution in [0.1, 0.15) is 21.6 Å². The summed E-state index contributed by atoms with van der Waals surface area (Å²) in [7, 11) is 1.87. The second-order valence-corrected chi connectivity index (χ2v) is 6.93. The lowest BCUT2D eigenvalue weighted by Crippen LogP contribution is -2.23. The smallest absolute Gasteiger partial charge is 0.258 e. The molecule has 4 aromatic rings. The van der Waals surface area contributed by atoms with Gasteiger partial charge in [0.2, 0.25) is 0 Å². The molecular weight excluding hydrogens is 357 g/mol. The van der Waals surface area contributed by atoms with Crippen molar-refractivity contribution in [1.29, 1.82) is 0 Å². The molecule has 0 saturated heterocycles. The molecule has 1 aliphatic rings. The Morgan fingerprint density at radius 1 is 1.14 bits per heavy atom. The number of aryl methyl sites for hydroxylation is 1. The predicted molar refractivity (Wildman–Crippen MR) is 102 cm³/mol. The number of rotatable bonds is 3. The van der Waals surface area contributed by atoms with Crippen molar-refractivity contribution in [3.8, 4) is 11.1 Å². The first kappa shape index (κ1) is 16.6. The van der Waals surface area contributed by atoms with Crippen LogP contribution in [0.4, 0.5) is 4.39 Å². The maximum atomic E-state index is 14.8. The number of hydrogen-bond acceptors (Lipinski definition) is 4. The highest BCUT2D eigenvalue weighted by atomic mass is 19.1. The number of benzene rings is 2. The quantitative estimate of drug-likeness (QED) is 0.553. The Morgan fingerprint density at radius 2 is 1.96 bits per heavy atom. The topological polar surface area (TPSA) is 63.9 Å². The Morgan fingerprint density at radius 3 is 2.79 bits per heavy atom. The molecular formula is C21H16FN5O. The molecule has 0 saturated carbocycles. The maximum absolute atomic E-state index is 14.8. The molecule has 138 valence electrons. The van der Waals surface area contributed by atoms with Crippen molar-refractivity contribution in [2.75, 3.05) is 0 Å². The summed E-state index contributed by atoms with van der Waals surface area (Å²) in [6.07, 6.45) is 4.87. The van der Waals surface area contributed by atoms with Gasteiger partial charge in [-0.15, -0.1) is 0 Å². The summed E-state index contributed by atoms with van der Waals surface area (Å²) >= 11 is 0. The van der Waals surface area contributed by atoms with Crippen LogP contribution in [0.25, 0.3) is 22.0 Å². The molecule has 0 N–H and O–H groups in total. The molecule has 0 spiro atoms. The first-order chi connectivity index (χ1) is 13.6. The third kappa shape index (κ3) is 2.72. The fraction of sp³-hybridized carbons (Fsp3) is 0.143. The highest BCUT2D eigenvalue weighted by Gasteiger charge is 2.29. The molecule has 0 fully saturated rings. The third-order valence-corrected chi connectivity index (χ3v) is 5.02. The van der Waals surface area contributed by atoms with E-state index >= 15 is 0 Å². The van der Waals surface area contributed by atoms with E-state index < -0.39 is 0 Å². The number of fused-ring (bicyclic) bond motifs is 2. The van der Waals surface area contributed by atoms with Gasteiger partial charge in [-0.1, -0.05) is 18.2 Å². The summed E-state index contributed by atoms with van der Waals surface area (Å²) < 4.78 is 16.5. The summed E-state index contributed by atoms with van der Waals surface area (Å²) in [6.45, 7) is 0.568. The third-order valence-electron chi connectivity index (χ3n) is 5.02. The summed E-state index contributed by atoms with van der Waals surface area (Å²) in [4.78, 5) is 22.1. The Bertz CT molecular complexity index is 1230. The number of carbonyl (C=O) groups excluding carboxylic acids is 1. The normalized spacial score (nSPS) is 13.4. The van der Waals surface area contributed by atoms with Gasteiger partial charge in [-0.2, -0.15) is 5.10 Å². The predicted octanol–water partition coefficient (Wildman–Crippen LogP) is 3.33. The van der Waals surface area contributed by atoms with E-state index in [0.29, 0.717) is 23.4 Å². The van der Waals surface area contributed by atoms with Gasteiger partial charge in [0.1, 0.15) is 12.1 Å². The van der Waals surface area contributed by atoms with Crippen LogP contribution in [-0.2, 0) is 20.1 Å². The van der Waals surface area contributed by atoms with Crippen molar-refractivity contribution in [3.05, 3.63) is 77.8 Å². The number of carbonyl (C=O) groups is 1. The van der Waals surface area contributed by atoms with Crippen LogP contribution in [0, 0.1) is 5.82 Å². The van der Waals surface area contributed by atoms with E-state index in [1.165, 1.54) is 18.6 Å². The molecule has 7 heteroatoms. The Hall–Kier alpha value is -3.61. The summed E-state index contributed by atoms with van der Waals surface area (Å²) in [5, 5.41) is 5.36. The Labute approximate surface area is 160 Å². The largest absolute Gasteiger partial charge is 0.328 e.